The number of amides is 1. The lowest BCUT2D eigenvalue weighted by atomic mass is 10.2. The molecule has 0 bridgehead atoms. The van der Waals surface area contributed by atoms with Gasteiger partial charge in [0.2, 0.25) is 15.9 Å². The summed E-state index contributed by atoms with van der Waals surface area (Å²) >= 11 is 0. The molecule has 138 valence electrons. The molecule has 0 saturated carbocycles. The number of esters is 1. The minimum absolute atomic E-state index is 0.0148. The van der Waals surface area contributed by atoms with E-state index in [0.29, 0.717) is 17.0 Å². The Bertz CT molecular complexity index is 876. The predicted molar refractivity (Wildman–Crippen MR) is 94.3 cm³/mol. The molecule has 26 heavy (non-hydrogen) atoms. The van der Waals surface area contributed by atoms with Gasteiger partial charge >= 0.3 is 5.97 Å². The molecule has 2 aromatic rings. The molecule has 9 heteroatoms. The molecule has 2 aromatic carbocycles. The number of sulfonamides is 1. The fourth-order valence-corrected chi connectivity index (χ4v) is 2.51. The maximum atomic E-state index is 11.9. The van der Waals surface area contributed by atoms with Crippen molar-refractivity contribution >= 4 is 27.6 Å². The van der Waals surface area contributed by atoms with Gasteiger partial charge in [-0.05, 0) is 48.5 Å². The first-order valence-electron chi connectivity index (χ1n) is 7.56. The van der Waals surface area contributed by atoms with Crippen molar-refractivity contribution in [2.45, 2.75) is 11.8 Å². The van der Waals surface area contributed by atoms with Gasteiger partial charge in [0, 0.05) is 12.6 Å². The van der Waals surface area contributed by atoms with Gasteiger partial charge in [0.15, 0.2) is 0 Å². The summed E-state index contributed by atoms with van der Waals surface area (Å²) in [4.78, 5) is 22.8. The molecular weight excluding hydrogens is 360 g/mol. The largest absolute Gasteiger partial charge is 0.490 e. The zero-order valence-corrected chi connectivity index (χ0v) is 14.8. The maximum Gasteiger partial charge on any atom is 0.338 e. The van der Waals surface area contributed by atoms with Gasteiger partial charge in [-0.15, -0.1) is 0 Å². The maximum absolute atomic E-state index is 11.9. The highest BCUT2D eigenvalue weighted by atomic mass is 32.2. The molecule has 0 spiro atoms. The lowest BCUT2D eigenvalue weighted by Crippen LogP contribution is -2.13. The second-order valence-corrected chi connectivity index (χ2v) is 6.82. The summed E-state index contributed by atoms with van der Waals surface area (Å²) in [6.45, 7) is 1.51. The van der Waals surface area contributed by atoms with E-state index in [1.165, 1.54) is 31.2 Å². The van der Waals surface area contributed by atoms with Gasteiger partial charge in [-0.25, -0.2) is 18.4 Å². The third-order valence-electron chi connectivity index (χ3n) is 3.18. The van der Waals surface area contributed by atoms with Crippen LogP contribution in [0.15, 0.2) is 53.4 Å². The molecule has 0 unspecified atom stereocenters. The summed E-state index contributed by atoms with van der Waals surface area (Å²) in [7, 11) is -3.74. The molecule has 3 N–H and O–H groups in total. The molecule has 0 aliphatic rings. The SMILES string of the molecule is CC(=O)Nc1ccc(C(=O)OCCOc2ccc(S(N)(=O)=O)cc2)cc1. The van der Waals surface area contributed by atoms with E-state index in [1.807, 2.05) is 0 Å². The summed E-state index contributed by atoms with van der Waals surface area (Å²) in [6, 6.07) is 11.9. The fraction of sp³-hybridized carbons (Fsp3) is 0.176. The van der Waals surface area contributed by atoms with Crippen LogP contribution in [0.3, 0.4) is 0 Å². The van der Waals surface area contributed by atoms with E-state index < -0.39 is 16.0 Å². The highest BCUT2D eigenvalue weighted by Gasteiger charge is 2.09. The first kappa shape index (κ1) is 19.4. The van der Waals surface area contributed by atoms with Crippen LogP contribution >= 0.6 is 0 Å². The number of hydrogen-bond donors (Lipinski definition) is 2. The van der Waals surface area contributed by atoms with E-state index in [1.54, 1.807) is 24.3 Å². The summed E-state index contributed by atoms with van der Waals surface area (Å²) in [6.07, 6.45) is 0. The Morgan fingerprint density at radius 3 is 2.15 bits per heavy atom. The van der Waals surface area contributed by atoms with Crippen LogP contribution in [0.25, 0.3) is 0 Å². The van der Waals surface area contributed by atoms with Gasteiger partial charge in [0.1, 0.15) is 19.0 Å². The van der Waals surface area contributed by atoms with Crippen LogP contribution in [-0.4, -0.2) is 33.5 Å². The van der Waals surface area contributed by atoms with E-state index in [2.05, 4.69) is 5.32 Å². The number of ether oxygens (including phenoxy) is 2. The number of anilines is 1. The van der Waals surface area contributed by atoms with Crippen LogP contribution in [0.2, 0.25) is 0 Å². The third-order valence-corrected chi connectivity index (χ3v) is 4.11. The molecule has 0 atom stereocenters. The Hall–Kier alpha value is -2.91. The van der Waals surface area contributed by atoms with Crippen molar-refractivity contribution in [1.29, 1.82) is 0 Å². The van der Waals surface area contributed by atoms with Crippen molar-refractivity contribution in [3.8, 4) is 5.75 Å². The molecular formula is C17H18N2O6S. The number of carbonyl (C=O) groups is 2. The average molecular weight is 378 g/mol. The Morgan fingerprint density at radius 1 is 1.00 bits per heavy atom. The second-order valence-electron chi connectivity index (χ2n) is 5.26. The smallest absolute Gasteiger partial charge is 0.338 e. The fourth-order valence-electron chi connectivity index (χ4n) is 2.00. The van der Waals surface area contributed by atoms with Crippen LogP contribution in [0.1, 0.15) is 17.3 Å². The molecule has 0 aromatic heterocycles. The quantitative estimate of drug-likeness (QED) is 0.556. The number of rotatable bonds is 7. The Balaban J connectivity index is 1.78. The van der Waals surface area contributed by atoms with Crippen molar-refractivity contribution in [1.82, 2.24) is 0 Å². The second kappa shape index (κ2) is 8.45. The van der Waals surface area contributed by atoms with Crippen molar-refractivity contribution in [2.75, 3.05) is 18.5 Å². The molecule has 8 nitrogen and oxygen atoms in total. The van der Waals surface area contributed by atoms with Gasteiger partial charge in [-0.2, -0.15) is 0 Å². The minimum Gasteiger partial charge on any atom is -0.490 e. The zero-order valence-electron chi connectivity index (χ0n) is 14.0. The van der Waals surface area contributed by atoms with Gasteiger partial charge in [-0.1, -0.05) is 0 Å². The number of nitrogens with one attached hydrogen (secondary N) is 1. The number of nitrogens with two attached hydrogens (primary N) is 1. The van der Waals surface area contributed by atoms with Crippen LogP contribution < -0.4 is 15.2 Å². The molecule has 0 aliphatic heterocycles. The van der Waals surface area contributed by atoms with E-state index in [0.717, 1.165) is 0 Å². The molecule has 0 fully saturated rings. The van der Waals surface area contributed by atoms with E-state index >= 15 is 0 Å². The minimum atomic E-state index is -3.74. The Morgan fingerprint density at radius 2 is 1.62 bits per heavy atom. The number of primary sulfonamides is 1. The summed E-state index contributed by atoms with van der Waals surface area (Å²) < 4.78 is 32.7. The van der Waals surface area contributed by atoms with Crippen molar-refractivity contribution in [3.63, 3.8) is 0 Å². The average Bonchev–Trinajstić information content (AvgIpc) is 2.58. The molecule has 1 amide bonds. The first-order chi connectivity index (χ1) is 12.3. The normalized spacial score (nSPS) is 10.8. The number of hydrogen-bond acceptors (Lipinski definition) is 6. The summed E-state index contributed by atoms with van der Waals surface area (Å²) in [5.74, 6) is -0.296. The van der Waals surface area contributed by atoms with Crippen LogP contribution in [0.4, 0.5) is 5.69 Å². The summed E-state index contributed by atoms with van der Waals surface area (Å²) in [5, 5.41) is 7.60. The predicted octanol–water partition coefficient (Wildman–Crippen LogP) is 1.53. The number of carbonyl (C=O) groups excluding carboxylic acids is 2. The lowest BCUT2D eigenvalue weighted by Gasteiger charge is -2.08. The topological polar surface area (TPSA) is 125 Å². The standard InChI is InChI=1S/C17H18N2O6S/c1-12(20)19-14-4-2-13(3-5-14)17(21)25-11-10-24-15-6-8-16(9-7-15)26(18,22)23/h2-9H,10-11H2,1H3,(H,19,20)(H2,18,22,23). The van der Waals surface area contributed by atoms with Crippen LogP contribution in [0.5, 0.6) is 5.75 Å². The van der Waals surface area contributed by atoms with Crippen molar-refractivity contribution in [3.05, 3.63) is 54.1 Å². The van der Waals surface area contributed by atoms with Crippen molar-refractivity contribution in [2.24, 2.45) is 5.14 Å². The number of benzene rings is 2. The Kier molecular flexibility index (Phi) is 6.31. The van der Waals surface area contributed by atoms with Gasteiger partial charge in [0.25, 0.3) is 0 Å². The van der Waals surface area contributed by atoms with Gasteiger partial charge < -0.3 is 14.8 Å². The molecule has 2 rings (SSSR count). The monoisotopic (exact) mass is 378 g/mol. The first-order valence-corrected chi connectivity index (χ1v) is 9.11. The van der Waals surface area contributed by atoms with Crippen molar-refractivity contribution < 1.29 is 27.5 Å². The Labute approximate surface area is 151 Å². The molecule has 0 saturated heterocycles. The highest BCUT2D eigenvalue weighted by molar-refractivity contribution is 7.89. The van der Waals surface area contributed by atoms with Gasteiger partial charge in [-0.3, -0.25) is 4.79 Å². The van der Waals surface area contributed by atoms with E-state index in [9.17, 15) is 18.0 Å². The third kappa shape index (κ3) is 5.87. The lowest BCUT2D eigenvalue weighted by molar-refractivity contribution is -0.114. The molecule has 0 aliphatic carbocycles. The van der Waals surface area contributed by atoms with Crippen LogP contribution in [0, 0.1) is 0 Å². The summed E-state index contributed by atoms with van der Waals surface area (Å²) in [5.41, 5.74) is 0.928. The van der Waals surface area contributed by atoms with Crippen LogP contribution in [-0.2, 0) is 19.6 Å². The van der Waals surface area contributed by atoms with E-state index in [-0.39, 0.29) is 24.0 Å². The highest BCUT2D eigenvalue weighted by Crippen LogP contribution is 2.15. The van der Waals surface area contributed by atoms with E-state index in [4.69, 9.17) is 14.6 Å². The molecule has 0 heterocycles. The van der Waals surface area contributed by atoms with Gasteiger partial charge in [0.05, 0.1) is 10.5 Å². The zero-order chi connectivity index (χ0) is 19.2. The molecule has 0 radical (unpaired) electrons.